The Kier molecular flexibility index (Phi) is 4.19. The number of Topliss-reactive ketones (excluding diaryl/α,β-unsaturated/α-hetero) is 1. The quantitative estimate of drug-likeness (QED) is 0.747. The summed E-state index contributed by atoms with van der Waals surface area (Å²) in [5, 5.41) is 0.502. The standard InChI is InChI=1S/C16H21ClO2/c1-16(2)9-5-4-6-12(16)15(18)11-7-8-14(19-3)13(17)10-11/h7-8,10,12H,4-6,9H2,1-3H3. The Hall–Kier alpha value is -1.02. The van der Waals surface area contributed by atoms with E-state index in [9.17, 15) is 4.79 Å². The SMILES string of the molecule is COc1ccc(C(=O)C2CCCCC2(C)C)cc1Cl. The molecule has 1 aromatic carbocycles. The monoisotopic (exact) mass is 280 g/mol. The molecule has 0 heterocycles. The van der Waals surface area contributed by atoms with Gasteiger partial charge in [0.05, 0.1) is 12.1 Å². The first-order valence-corrected chi connectivity index (χ1v) is 7.21. The Labute approximate surface area is 120 Å². The summed E-state index contributed by atoms with van der Waals surface area (Å²) >= 11 is 6.11. The molecule has 0 amide bonds. The highest BCUT2D eigenvalue weighted by Crippen LogP contribution is 2.42. The summed E-state index contributed by atoms with van der Waals surface area (Å²) in [5.74, 6) is 0.932. The van der Waals surface area contributed by atoms with Crippen LogP contribution >= 0.6 is 11.6 Å². The highest BCUT2D eigenvalue weighted by Gasteiger charge is 2.37. The molecule has 104 valence electrons. The molecule has 2 rings (SSSR count). The van der Waals surface area contributed by atoms with Crippen LogP contribution in [-0.4, -0.2) is 12.9 Å². The van der Waals surface area contributed by atoms with Crippen molar-refractivity contribution in [3.05, 3.63) is 28.8 Å². The van der Waals surface area contributed by atoms with Crippen molar-refractivity contribution in [1.82, 2.24) is 0 Å². The zero-order chi connectivity index (χ0) is 14.0. The molecule has 1 fully saturated rings. The zero-order valence-electron chi connectivity index (χ0n) is 11.8. The van der Waals surface area contributed by atoms with Gasteiger partial charge in [-0.05, 0) is 36.5 Å². The van der Waals surface area contributed by atoms with Crippen molar-refractivity contribution in [3.8, 4) is 5.75 Å². The van der Waals surface area contributed by atoms with Crippen molar-refractivity contribution in [3.63, 3.8) is 0 Å². The maximum Gasteiger partial charge on any atom is 0.166 e. The second-order valence-corrected chi connectivity index (χ2v) is 6.41. The third-order valence-corrected chi connectivity index (χ3v) is 4.56. The van der Waals surface area contributed by atoms with Gasteiger partial charge in [0, 0.05) is 11.5 Å². The van der Waals surface area contributed by atoms with E-state index in [0.717, 1.165) is 19.3 Å². The van der Waals surface area contributed by atoms with E-state index in [4.69, 9.17) is 16.3 Å². The number of methoxy groups -OCH3 is 1. The fraction of sp³-hybridized carbons (Fsp3) is 0.562. The van der Waals surface area contributed by atoms with Gasteiger partial charge in [0.15, 0.2) is 5.78 Å². The number of rotatable bonds is 3. The number of halogens is 1. The van der Waals surface area contributed by atoms with Crippen LogP contribution < -0.4 is 4.74 Å². The average Bonchev–Trinajstić information content (AvgIpc) is 2.37. The van der Waals surface area contributed by atoms with E-state index >= 15 is 0 Å². The third kappa shape index (κ3) is 2.94. The second-order valence-electron chi connectivity index (χ2n) is 6.00. The summed E-state index contributed by atoms with van der Waals surface area (Å²) in [6.45, 7) is 4.39. The van der Waals surface area contributed by atoms with E-state index in [-0.39, 0.29) is 17.1 Å². The average molecular weight is 281 g/mol. The molecule has 3 heteroatoms. The topological polar surface area (TPSA) is 26.3 Å². The molecule has 0 aliphatic heterocycles. The summed E-state index contributed by atoms with van der Waals surface area (Å²) in [6, 6.07) is 5.32. The van der Waals surface area contributed by atoms with Gasteiger partial charge in [-0.2, -0.15) is 0 Å². The van der Waals surface area contributed by atoms with Crippen LogP contribution in [0, 0.1) is 11.3 Å². The number of hydrogen-bond acceptors (Lipinski definition) is 2. The summed E-state index contributed by atoms with van der Waals surface area (Å²) < 4.78 is 5.12. The smallest absolute Gasteiger partial charge is 0.166 e. The normalized spacial score (nSPS) is 22.0. The van der Waals surface area contributed by atoms with E-state index in [1.807, 2.05) is 6.07 Å². The van der Waals surface area contributed by atoms with Gasteiger partial charge in [0.2, 0.25) is 0 Å². The van der Waals surface area contributed by atoms with Gasteiger partial charge >= 0.3 is 0 Å². The maximum absolute atomic E-state index is 12.7. The van der Waals surface area contributed by atoms with Gasteiger partial charge in [-0.1, -0.05) is 38.3 Å². The van der Waals surface area contributed by atoms with Crippen LogP contribution in [0.4, 0.5) is 0 Å². The van der Waals surface area contributed by atoms with Crippen molar-refractivity contribution in [2.24, 2.45) is 11.3 Å². The molecule has 1 aromatic rings. The first-order valence-electron chi connectivity index (χ1n) is 6.83. The van der Waals surface area contributed by atoms with Crippen LogP contribution in [0.3, 0.4) is 0 Å². The minimum Gasteiger partial charge on any atom is -0.495 e. The Morgan fingerprint density at radius 2 is 2.11 bits per heavy atom. The summed E-state index contributed by atoms with van der Waals surface area (Å²) in [4.78, 5) is 12.7. The molecule has 0 saturated heterocycles. The lowest BCUT2D eigenvalue weighted by atomic mass is 9.66. The molecule has 0 bridgehead atoms. The maximum atomic E-state index is 12.7. The van der Waals surface area contributed by atoms with E-state index in [1.54, 1.807) is 19.2 Å². The Morgan fingerprint density at radius 3 is 2.68 bits per heavy atom. The highest BCUT2D eigenvalue weighted by molar-refractivity contribution is 6.32. The minimum absolute atomic E-state index is 0.0851. The Bertz CT molecular complexity index is 480. The highest BCUT2D eigenvalue weighted by atomic mass is 35.5. The van der Waals surface area contributed by atoms with E-state index in [0.29, 0.717) is 16.3 Å². The fourth-order valence-corrected chi connectivity index (χ4v) is 3.26. The lowest BCUT2D eigenvalue weighted by Crippen LogP contribution is -2.34. The van der Waals surface area contributed by atoms with Gasteiger partial charge in [-0.3, -0.25) is 4.79 Å². The van der Waals surface area contributed by atoms with Crippen LogP contribution in [0.2, 0.25) is 5.02 Å². The van der Waals surface area contributed by atoms with Crippen LogP contribution in [0.5, 0.6) is 5.75 Å². The van der Waals surface area contributed by atoms with Gasteiger partial charge in [0.1, 0.15) is 5.75 Å². The first kappa shape index (κ1) is 14.4. The lowest BCUT2D eigenvalue weighted by Gasteiger charge is -2.37. The van der Waals surface area contributed by atoms with Crippen molar-refractivity contribution >= 4 is 17.4 Å². The minimum atomic E-state index is 0.0851. The van der Waals surface area contributed by atoms with Crippen molar-refractivity contribution < 1.29 is 9.53 Å². The van der Waals surface area contributed by atoms with Crippen LogP contribution in [0.1, 0.15) is 49.9 Å². The third-order valence-electron chi connectivity index (χ3n) is 4.26. The van der Waals surface area contributed by atoms with Gasteiger partial charge < -0.3 is 4.74 Å². The first-order chi connectivity index (χ1) is 8.95. The van der Waals surface area contributed by atoms with Crippen LogP contribution in [-0.2, 0) is 0 Å². The Morgan fingerprint density at radius 1 is 1.37 bits per heavy atom. The molecule has 0 N–H and O–H groups in total. The summed E-state index contributed by atoms with van der Waals surface area (Å²) in [5.41, 5.74) is 0.785. The van der Waals surface area contributed by atoms with Crippen LogP contribution in [0.15, 0.2) is 18.2 Å². The number of benzene rings is 1. The molecule has 1 atom stereocenters. The molecule has 0 aromatic heterocycles. The molecule has 19 heavy (non-hydrogen) atoms. The van der Waals surface area contributed by atoms with Gasteiger partial charge in [-0.15, -0.1) is 0 Å². The molecule has 0 radical (unpaired) electrons. The number of ether oxygens (including phenoxy) is 1. The van der Waals surface area contributed by atoms with E-state index in [2.05, 4.69) is 13.8 Å². The molecule has 1 saturated carbocycles. The molecular formula is C16H21ClO2. The predicted octanol–water partition coefficient (Wildman–Crippen LogP) is 4.75. The van der Waals surface area contributed by atoms with Crippen molar-refractivity contribution in [1.29, 1.82) is 0 Å². The largest absolute Gasteiger partial charge is 0.495 e. The summed E-state index contributed by atoms with van der Waals surface area (Å²) in [6.07, 6.45) is 4.46. The lowest BCUT2D eigenvalue weighted by molar-refractivity contribution is 0.0697. The number of carbonyl (C=O) groups excluding carboxylic acids is 1. The molecule has 1 aliphatic rings. The van der Waals surface area contributed by atoms with Gasteiger partial charge in [0.25, 0.3) is 0 Å². The van der Waals surface area contributed by atoms with Crippen LogP contribution in [0.25, 0.3) is 0 Å². The predicted molar refractivity (Wildman–Crippen MR) is 78.1 cm³/mol. The number of carbonyl (C=O) groups is 1. The van der Waals surface area contributed by atoms with Crippen molar-refractivity contribution in [2.45, 2.75) is 39.5 Å². The molecule has 2 nitrogen and oxygen atoms in total. The summed E-state index contributed by atoms with van der Waals surface area (Å²) in [7, 11) is 1.58. The van der Waals surface area contributed by atoms with Crippen molar-refractivity contribution in [2.75, 3.05) is 7.11 Å². The molecule has 0 spiro atoms. The van der Waals surface area contributed by atoms with E-state index in [1.165, 1.54) is 6.42 Å². The second kappa shape index (κ2) is 5.54. The van der Waals surface area contributed by atoms with Gasteiger partial charge in [-0.25, -0.2) is 0 Å². The number of ketones is 1. The number of hydrogen-bond donors (Lipinski definition) is 0. The van der Waals surface area contributed by atoms with E-state index < -0.39 is 0 Å². The zero-order valence-corrected chi connectivity index (χ0v) is 12.6. The fourth-order valence-electron chi connectivity index (χ4n) is 3.00. The molecular weight excluding hydrogens is 260 g/mol. The molecule has 1 aliphatic carbocycles. The molecule has 1 unspecified atom stereocenters. The Balaban J connectivity index is 2.26.